The van der Waals surface area contributed by atoms with E-state index in [1.54, 1.807) is 0 Å². The van der Waals surface area contributed by atoms with Crippen LogP contribution in [0.15, 0.2) is 77.7 Å². The fraction of sp³-hybridized carbons (Fsp3) is 0.344. The SMILES string of the molecule is CC(Oc1ccc(C(=C2CCSc3ccccc32)c2ccc(OCOC(=O)C(C)(C)C)cc2)cc1)N(C)C. The van der Waals surface area contributed by atoms with E-state index in [0.717, 1.165) is 29.1 Å². The Labute approximate surface area is 230 Å². The van der Waals surface area contributed by atoms with Crippen LogP contribution >= 0.6 is 11.8 Å². The van der Waals surface area contributed by atoms with Crippen LogP contribution in [-0.2, 0) is 9.53 Å². The van der Waals surface area contributed by atoms with Crippen LogP contribution in [0.2, 0.25) is 0 Å². The summed E-state index contributed by atoms with van der Waals surface area (Å²) in [4.78, 5) is 15.4. The van der Waals surface area contributed by atoms with Crippen molar-refractivity contribution in [2.45, 2.75) is 45.2 Å². The van der Waals surface area contributed by atoms with Gasteiger partial charge >= 0.3 is 5.97 Å². The third-order valence-electron chi connectivity index (χ3n) is 6.47. The Hall–Kier alpha value is -3.22. The van der Waals surface area contributed by atoms with Gasteiger partial charge in [0, 0.05) is 10.6 Å². The minimum Gasteiger partial charge on any atom is -0.475 e. The van der Waals surface area contributed by atoms with Crippen molar-refractivity contribution in [1.29, 1.82) is 0 Å². The van der Waals surface area contributed by atoms with E-state index in [0.29, 0.717) is 5.75 Å². The molecule has 5 nitrogen and oxygen atoms in total. The molecule has 4 rings (SSSR count). The first-order valence-corrected chi connectivity index (χ1v) is 13.9. The molecule has 3 aromatic rings. The van der Waals surface area contributed by atoms with E-state index in [2.05, 4.69) is 48.5 Å². The van der Waals surface area contributed by atoms with E-state index in [9.17, 15) is 4.79 Å². The summed E-state index contributed by atoms with van der Waals surface area (Å²) in [6.45, 7) is 7.39. The Balaban J connectivity index is 1.65. The van der Waals surface area contributed by atoms with Crippen molar-refractivity contribution in [2.75, 3.05) is 26.6 Å². The molecule has 1 heterocycles. The fourth-order valence-corrected chi connectivity index (χ4v) is 5.15. The number of ether oxygens (including phenoxy) is 3. The summed E-state index contributed by atoms with van der Waals surface area (Å²) in [5.41, 5.74) is 5.51. The van der Waals surface area contributed by atoms with Crippen molar-refractivity contribution in [1.82, 2.24) is 4.90 Å². The Morgan fingerprint density at radius 2 is 1.53 bits per heavy atom. The van der Waals surface area contributed by atoms with Crippen molar-refractivity contribution >= 4 is 28.9 Å². The summed E-state index contributed by atoms with van der Waals surface area (Å²) in [6, 6.07) is 25.0. The van der Waals surface area contributed by atoms with E-state index in [1.165, 1.54) is 21.6 Å². The highest BCUT2D eigenvalue weighted by Gasteiger charge is 2.23. The van der Waals surface area contributed by atoms with Crippen molar-refractivity contribution < 1.29 is 19.0 Å². The van der Waals surface area contributed by atoms with E-state index in [4.69, 9.17) is 14.2 Å². The van der Waals surface area contributed by atoms with Crippen LogP contribution in [0.1, 0.15) is 50.8 Å². The molecule has 6 heteroatoms. The quantitative estimate of drug-likeness (QED) is 0.224. The highest BCUT2D eigenvalue weighted by atomic mass is 32.2. The predicted octanol–water partition coefficient (Wildman–Crippen LogP) is 7.35. The van der Waals surface area contributed by atoms with Crippen molar-refractivity contribution in [2.24, 2.45) is 5.41 Å². The monoisotopic (exact) mass is 531 g/mol. The minimum atomic E-state index is -0.562. The van der Waals surface area contributed by atoms with Crippen molar-refractivity contribution in [3.05, 3.63) is 89.5 Å². The number of hydrogen-bond acceptors (Lipinski definition) is 6. The fourth-order valence-electron chi connectivity index (χ4n) is 4.10. The number of esters is 1. The molecule has 1 unspecified atom stereocenters. The first kappa shape index (κ1) is 27.8. The van der Waals surface area contributed by atoms with Gasteiger partial charge in [-0.2, -0.15) is 0 Å². The predicted molar refractivity (Wildman–Crippen MR) is 155 cm³/mol. The van der Waals surface area contributed by atoms with Crippen LogP contribution in [0.25, 0.3) is 11.1 Å². The number of fused-ring (bicyclic) bond motifs is 1. The van der Waals surface area contributed by atoms with Gasteiger partial charge in [-0.05, 0) is 106 Å². The molecule has 0 bridgehead atoms. The van der Waals surface area contributed by atoms with E-state index >= 15 is 0 Å². The van der Waals surface area contributed by atoms with Gasteiger partial charge in [0.15, 0.2) is 0 Å². The molecule has 0 spiro atoms. The molecule has 1 aliphatic rings. The van der Waals surface area contributed by atoms with Crippen molar-refractivity contribution in [3.8, 4) is 11.5 Å². The number of hydrogen-bond donors (Lipinski definition) is 0. The number of rotatable bonds is 8. The summed E-state index contributed by atoms with van der Waals surface area (Å²) < 4.78 is 17.0. The van der Waals surface area contributed by atoms with Crippen LogP contribution in [0.3, 0.4) is 0 Å². The first-order valence-electron chi connectivity index (χ1n) is 12.9. The van der Waals surface area contributed by atoms with Gasteiger partial charge in [0.05, 0.1) is 5.41 Å². The molecule has 0 fully saturated rings. The molecule has 0 aromatic heterocycles. The standard InChI is InChI=1S/C32H37NO4S/c1-22(33(5)6)37-26-17-13-24(14-18-26)30(28-19-20-38-29-10-8-7-9-27(28)29)23-11-15-25(16-12-23)35-21-36-31(34)32(2,3)4/h7-18,22H,19-21H2,1-6H3. The molecule has 0 radical (unpaired) electrons. The molecule has 0 N–H and O–H groups in total. The lowest BCUT2D eigenvalue weighted by atomic mass is 9.88. The van der Waals surface area contributed by atoms with Gasteiger partial charge in [0.25, 0.3) is 0 Å². The van der Waals surface area contributed by atoms with Crippen LogP contribution < -0.4 is 9.47 Å². The summed E-state index contributed by atoms with van der Waals surface area (Å²) in [5.74, 6) is 2.24. The zero-order chi connectivity index (χ0) is 27.3. The Bertz CT molecular complexity index is 1270. The molecule has 0 saturated heterocycles. The zero-order valence-corrected chi connectivity index (χ0v) is 23.9. The van der Waals surface area contributed by atoms with Gasteiger partial charge in [0.1, 0.15) is 17.7 Å². The van der Waals surface area contributed by atoms with Crippen LogP contribution in [-0.4, -0.2) is 43.7 Å². The lowest BCUT2D eigenvalue weighted by Crippen LogP contribution is -2.30. The number of carbonyl (C=O) groups excluding carboxylic acids is 1. The molecule has 200 valence electrons. The highest BCUT2D eigenvalue weighted by molar-refractivity contribution is 7.99. The van der Waals surface area contributed by atoms with Gasteiger partial charge in [0.2, 0.25) is 6.79 Å². The number of carbonyl (C=O) groups is 1. The summed E-state index contributed by atoms with van der Waals surface area (Å²) in [5, 5.41) is 0. The third-order valence-corrected chi connectivity index (χ3v) is 7.55. The average molecular weight is 532 g/mol. The molecular weight excluding hydrogens is 494 g/mol. The zero-order valence-electron chi connectivity index (χ0n) is 23.1. The maximum atomic E-state index is 12.0. The minimum absolute atomic E-state index is 0.0175. The molecule has 0 aliphatic carbocycles. The lowest BCUT2D eigenvalue weighted by Gasteiger charge is -2.24. The smallest absolute Gasteiger partial charge is 0.314 e. The van der Waals surface area contributed by atoms with E-state index in [1.807, 2.05) is 82.7 Å². The second-order valence-corrected chi connectivity index (χ2v) is 11.8. The normalized spacial score (nSPS) is 15.4. The van der Waals surface area contributed by atoms with Crippen LogP contribution in [0.4, 0.5) is 0 Å². The molecule has 1 aliphatic heterocycles. The summed E-state index contributed by atoms with van der Waals surface area (Å²) >= 11 is 1.91. The summed E-state index contributed by atoms with van der Waals surface area (Å²) in [7, 11) is 4.00. The Morgan fingerprint density at radius 1 is 0.921 bits per heavy atom. The second kappa shape index (κ2) is 12.1. The van der Waals surface area contributed by atoms with Gasteiger partial charge in [-0.1, -0.05) is 42.5 Å². The van der Waals surface area contributed by atoms with Gasteiger partial charge in [-0.25, -0.2) is 0 Å². The molecule has 3 aromatic carbocycles. The van der Waals surface area contributed by atoms with E-state index < -0.39 is 5.41 Å². The first-order chi connectivity index (χ1) is 18.1. The maximum absolute atomic E-state index is 12.0. The molecular formula is C32H37NO4S. The van der Waals surface area contributed by atoms with E-state index in [-0.39, 0.29) is 19.0 Å². The molecule has 38 heavy (non-hydrogen) atoms. The lowest BCUT2D eigenvalue weighted by molar-refractivity contribution is -0.159. The largest absolute Gasteiger partial charge is 0.475 e. The topological polar surface area (TPSA) is 48.0 Å². The van der Waals surface area contributed by atoms with Gasteiger partial charge in [-0.15, -0.1) is 11.8 Å². The number of benzene rings is 3. The second-order valence-electron chi connectivity index (χ2n) is 10.6. The molecule has 1 atom stereocenters. The van der Waals surface area contributed by atoms with Crippen LogP contribution in [0, 0.1) is 5.41 Å². The third kappa shape index (κ3) is 6.80. The van der Waals surface area contributed by atoms with Crippen LogP contribution in [0.5, 0.6) is 11.5 Å². The summed E-state index contributed by atoms with van der Waals surface area (Å²) in [6.07, 6.45) is 0.963. The number of allylic oxidation sites excluding steroid dienone is 1. The van der Waals surface area contributed by atoms with Gasteiger partial charge in [-0.3, -0.25) is 9.69 Å². The molecule has 0 saturated carbocycles. The van der Waals surface area contributed by atoms with Crippen molar-refractivity contribution in [3.63, 3.8) is 0 Å². The average Bonchev–Trinajstić information content (AvgIpc) is 2.90. The number of nitrogens with zero attached hydrogens (tertiary/aromatic N) is 1. The number of thioether (sulfide) groups is 1. The molecule has 0 amide bonds. The Morgan fingerprint density at radius 3 is 2.13 bits per heavy atom. The van der Waals surface area contributed by atoms with Gasteiger partial charge < -0.3 is 14.2 Å². The maximum Gasteiger partial charge on any atom is 0.314 e. The highest BCUT2D eigenvalue weighted by Crippen LogP contribution is 2.43. The Kier molecular flexibility index (Phi) is 8.85.